The monoisotopic (exact) mass is 353 g/mol. The topological polar surface area (TPSA) is 47.6 Å². The molecule has 1 aliphatic rings. The van der Waals surface area contributed by atoms with E-state index in [2.05, 4.69) is 12.2 Å². The second-order valence-corrected chi connectivity index (χ2v) is 7.76. The maximum Gasteiger partial charge on any atom is 0.258 e. The van der Waals surface area contributed by atoms with Crippen molar-refractivity contribution in [1.82, 2.24) is 5.32 Å². The number of fused-ring (bicyclic) bond motifs is 1. The zero-order valence-corrected chi connectivity index (χ0v) is 16.2. The van der Waals surface area contributed by atoms with Crippen LogP contribution in [0.25, 0.3) is 0 Å². The molecule has 2 aromatic rings. The van der Waals surface area contributed by atoms with Gasteiger partial charge in [0, 0.05) is 12.0 Å². The Kier molecular flexibility index (Phi) is 4.94. The molecular formula is C22H27NO3. The number of carbonyl (C=O) groups is 1. The largest absolute Gasteiger partial charge is 0.487 e. The molecule has 3 rings (SSSR count). The minimum absolute atomic E-state index is 0.00147. The number of ether oxygens (including phenoxy) is 2. The molecule has 0 bridgehead atoms. The van der Waals surface area contributed by atoms with E-state index in [-0.39, 0.29) is 24.2 Å². The third-order valence-corrected chi connectivity index (χ3v) is 4.81. The highest BCUT2D eigenvalue weighted by Crippen LogP contribution is 2.39. The van der Waals surface area contributed by atoms with Gasteiger partial charge in [0.1, 0.15) is 17.1 Å². The second-order valence-electron chi connectivity index (χ2n) is 7.76. The first kappa shape index (κ1) is 18.3. The van der Waals surface area contributed by atoms with Gasteiger partial charge in [0.2, 0.25) is 0 Å². The van der Waals surface area contributed by atoms with Crippen molar-refractivity contribution < 1.29 is 14.3 Å². The fraction of sp³-hybridized carbons (Fsp3) is 0.409. The molecule has 0 aromatic heterocycles. The molecule has 26 heavy (non-hydrogen) atoms. The van der Waals surface area contributed by atoms with E-state index in [0.29, 0.717) is 5.75 Å². The molecule has 1 aliphatic heterocycles. The van der Waals surface area contributed by atoms with Gasteiger partial charge in [-0.15, -0.1) is 0 Å². The Hall–Kier alpha value is -2.49. The summed E-state index contributed by atoms with van der Waals surface area (Å²) in [5.41, 5.74) is 4.20. The minimum atomic E-state index is -0.326. The molecule has 0 saturated carbocycles. The van der Waals surface area contributed by atoms with Gasteiger partial charge in [0.25, 0.3) is 5.91 Å². The number of aryl methyl sites for hydroxylation is 3. The number of benzene rings is 2. The smallest absolute Gasteiger partial charge is 0.258 e. The van der Waals surface area contributed by atoms with E-state index < -0.39 is 0 Å². The lowest BCUT2D eigenvalue weighted by molar-refractivity contribution is -0.124. The summed E-state index contributed by atoms with van der Waals surface area (Å²) >= 11 is 0. The lowest BCUT2D eigenvalue weighted by Crippen LogP contribution is -2.42. The van der Waals surface area contributed by atoms with Crippen molar-refractivity contribution in [2.24, 2.45) is 0 Å². The van der Waals surface area contributed by atoms with Crippen LogP contribution in [0.4, 0.5) is 0 Å². The average molecular weight is 353 g/mol. The van der Waals surface area contributed by atoms with Crippen LogP contribution in [0.5, 0.6) is 11.5 Å². The maximum atomic E-state index is 12.4. The average Bonchev–Trinajstić information content (AvgIpc) is 2.54. The molecule has 1 atom stereocenters. The van der Waals surface area contributed by atoms with E-state index in [0.717, 1.165) is 28.9 Å². The van der Waals surface area contributed by atoms with E-state index in [1.54, 1.807) is 0 Å². The van der Waals surface area contributed by atoms with E-state index >= 15 is 0 Å². The number of rotatable bonds is 4. The van der Waals surface area contributed by atoms with Crippen LogP contribution in [0.2, 0.25) is 0 Å². The van der Waals surface area contributed by atoms with Gasteiger partial charge in [0.05, 0.1) is 6.04 Å². The first-order valence-electron chi connectivity index (χ1n) is 9.02. The molecule has 1 N–H and O–H groups in total. The maximum absolute atomic E-state index is 12.4. The molecule has 138 valence electrons. The highest BCUT2D eigenvalue weighted by molar-refractivity contribution is 5.78. The van der Waals surface area contributed by atoms with Crippen molar-refractivity contribution in [1.29, 1.82) is 0 Å². The number of amides is 1. The van der Waals surface area contributed by atoms with Gasteiger partial charge in [0.15, 0.2) is 6.61 Å². The van der Waals surface area contributed by atoms with Gasteiger partial charge in [-0.05, 0) is 69.5 Å². The molecular weight excluding hydrogens is 326 g/mol. The van der Waals surface area contributed by atoms with Crippen LogP contribution in [-0.4, -0.2) is 18.1 Å². The Labute approximate surface area is 155 Å². The first-order valence-corrected chi connectivity index (χ1v) is 9.02. The van der Waals surface area contributed by atoms with Crippen molar-refractivity contribution in [3.05, 3.63) is 58.7 Å². The molecule has 0 spiro atoms. The van der Waals surface area contributed by atoms with Crippen LogP contribution in [0, 0.1) is 20.8 Å². The van der Waals surface area contributed by atoms with E-state index in [9.17, 15) is 4.79 Å². The quantitative estimate of drug-likeness (QED) is 0.886. The van der Waals surface area contributed by atoms with Gasteiger partial charge < -0.3 is 14.8 Å². The molecule has 0 saturated heterocycles. The summed E-state index contributed by atoms with van der Waals surface area (Å²) < 4.78 is 11.7. The van der Waals surface area contributed by atoms with Gasteiger partial charge in [-0.2, -0.15) is 0 Å². The van der Waals surface area contributed by atoms with Crippen LogP contribution >= 0.6 is 0 Å². The molecule has 4 nitrogen and oxygen atoms in total. The van der Waals surface area contributed by atoms with Crippen molar-refractivity contribution in [3.63, 3.8) is 0 Å². The molecule has 2 aromatic carbocycles. The molecule has 0 fully saturated rings. The molecule has 0 unspecified atom stereocenters. The zero-order valence-electron chi connectivity index (χ0n) is 16.2. The van der Waals surface area contributed by atoms with E-state index in [4.69, 9.17) is 9.47 Å². The fourth-order valence-electron chi connectivity index (χ4n) is 3.28. The lowest BCUT2D eigenvalue weighted by atomic mass is 9.89. The minimum Gasteiger partial charge on any atom is -0.487 e. The van der Waals surface area contributed by atoms with Gasteiger partial charge >= 0.3 is 0 Å². The summed E-state index contributed by atoms with van der Waals surface area (Å²) in [6.45, 7) is 10.2. The summed E-state index contributed by atoms with van der Waals surface area (Å²) in [4.78, 5) is 12.4. The van der Waals surface area contributed by atoms with E-state index in [1.807, 2.05) is 64.1 Å². The van der Waals surface area contributed by atoms with Crippen LogP contribution in [0.3, 0.4) is 0 Å². The van der Waals surface area contributed by atoms with Crippen molar-refractivity contribution in [3.8, 4) is 11.5 Å². The Morgan fingerprint density at radius 1 is 1.15 bits per heavy atom. The summed E-state index contributed by atoms with van der Waals surface area (Å²) in [5.74, 6) is 1.44. The number of hydrogen-bond donors (Lipinski definition) is 1. The molecule has 0 aliphatic carbocycles. The summed E-state index contributed by atoms with van der Waals surface area (Å²) in [5, 5.41) is 3.10. The Morgan fingerprint density at radius 3 is 2.65 bits per heavy atom. The molecule has 0 radical (unpaired) electrons. The summed E-state index contributed by atoms with van der Waals surface area (Å²) in [6.07, 6.45) is 0.721. The Balaban J connectivity index is 1.68. The standard InChI is InChI=1S/C22H27NO3/c1-14-6-9-18-19(12-22(4,5)26-20(18)10-14)23-21(24)13-25-17-8-7-15(2)16(3)11-17/h6-11,19H,12-13H2,1-5H3,(H,23,24)/t19-/m1/s1. The van der Waals surface area contributed by atoms with Crippen LogP contribution < -0.4 is 14.8 Å². The number of hydrogen-bond acceptors (Lipinski definition) is 3. The summed E-state index contributed by atoms with van der Waals surface area (Å²) in [7, 11) is 0. The van der Waals surface area contributed by atoms with Crippen LogP contribution in [0.15, 0.2) is 36.4 Å². The number of nitrogens with one attached hydrogen (secondary N) is 1. The Bertz CT molecular complexity index is 826. The van der Waals surface area contributed by atoms with Crippen molar-refractivity contribution in [2.75, 3.05) is 6.61 Å². The lowest BCUT2D eigenvalue weighted by Gasteiger charge is -2.38. The van der Waals surface area contributed by atoms with Crippen LogP contribution in [-0.2, 0) is 4.79 Å². The van der Waals surface area contributed by atoms with E-state index in [1.165, 1.54) is 5.56 Å². The molecule has 4 heteroatoms. The third kappa shape index (κ3) is 4.18. The van der Waals surface area contributed by atoms with Gasteiger partial charge in [-0.3, -0.25) is 4.79 Å². The second kappa shape index (κ2) is 7.02. The Morgan fingerprint density at radius 2 is 1.92 bits per heavy atom. The highest BCUT2D eigenvalue weighted by atomic mass is 16.5. The molecule has 1 heterocycles. The van der Waals surface area contributed by atoms with Gasteiger partial charge in [-0.1, -0.05) is 18.2 Å². The van der Waals surface area contributed by atoms with Crippen molar-refractivity contribution in [2.45, 2.75) is 52.7 Å². The fourth-order valence-corrected chi connectivity index (χ4v) is 3.28. The predicted octanol–water partition coefficient (Wildman–Crippen LogP) is 4.41. The summed E-state index contributed by atoms with van der Waals surface area (Å²) in [6, 6.07) is 11.9. The molecule has 1 amide bonds. The normalized spacial score (nSPS) is 17.8. The SMILES string of the molecule is Cc1ccc2c(c1)OC(C)(C)C[C@H]2NC(=O)COc1ccc(C)c(C)c1. The third-order valence-electron chi connectivity index (χ3n) is 4.81. The first-order chi connectivity index (χ1) is 12.2. The number of carbonyl (C=O) groups excluding carboxylic acids is 1. The zero-order chi connectivity index (χ0) is 18.9. The van der Waals surface area contributed by atoms with Crippen LogP contribution in [0.1, 0.15) is 48.6 Å². The predicted molar refractivity (Wildman–Crippen MR) is 103 cm³/mol. The van der Waals surface area contributed by atoms with Crippen molar-refractivity contribution >= 4 is 5.91 Å². The van der Waals surface area contributed by atoms with Gasteiger partial charge in [-0.25, -0.2) is 0 Å². The highest BCUT2D eigenvalue weighted by Gasteiger charge is 2.34.